The zero-order valence-electron chi connectivity index (χ0n) is 15.8. The fourth-order valence-electron chi connectivity index (χ4n) is 3.05. The summed E-state index contributed by atoms with van der Waals surface area (Å²) in [6.07, 6.45) is 0.681. The highest BCUT2D eigenvalue weighted by Gasteiger charge is 2.30. The van der Waals surface area contributed by atoms with Gasteiger partial charge in [0.1, 0.15) is 10.8 Å². The lowest BCUT2D eigenvalue weighted by atomic mass is 9.98. The maximum absolute atomic E-state index is 12.2. The number of anilines is 3. The predicted octanol–water partition coefficient (Wildman–Crippen LogP) is 4.79. The molecule has 0 radical (unpaired) electrons. The van der Waals surface area contributed by atoms with Crippen molar-refractivity contribution in [1.29, 1.82) is 0 Å². The van der Waals surface area contributed by atoms with Gasteiger partial charge in [-0.2, -0.15) is 0 Å². The molecule has 1 aliphatic heterocycles. The fourth-order valence-corrected chi connectivity index (χ4v) is 3.19. The minimum absolute atomic E-state index is 0.245. The summed E-state index contributed by atoms with van der Waals surface area (Å²) in [5, 5.41) is 3.56. The van der Waals surface area contributed by atoms with E-state index < -0.39 is 5.60 Å². The molecule has 144 valence electrons. The zero-order valence-corrected chi connectivity index (χ0v) is 16.6. The molecule has 1 atom stereocenters. The van der Waals surface area contributed by atoms with Gasteiger partial charge in [0.2, 0.25) is 0 Å². The van der Waals surface area contributed by atoms with Crippen molar-refractivity contribution in [3.8, 4) is 0 Å². The second kappa shape index (κ2) is 7.64. The molecule has 0 spiro atoms. The van der Waals surface area contributed by atoms with Crippen molar-refractivity contribution in [2.75, 3.05) is 24.1 Å². The molecule has 6 nitrogen and oxygen atoms in total. The average Bonchev–Trinajstić information content (AvgIpc) is 3.08. The van der Waals surface area contributed by atoms with Gasteiger partial charge in [0.15, 0.2) is 5.82 Å². The van der Waals surface area contributed by atoms with Crippen LogP contribution in [0.4, 0.5) is 22.0 Å². The number of nitrogens with two attached hydrogens (primary N) is 1. The molecule has 1 amide bonds. The van der Waals surface area contributed by atoms with Crippen molar-refractivity contribution in [2.45, 2.75) is 38.7 Å². The molecule has 27 heavy (non-hydrogen) atoms. The van der Waals surface area contributed by atoms with E-state index in [9.17, 15) is 4.79 Å². The number of nitrogens with zero attached hydrogens (tertiary/aromatic N) is 2. The van der Waals surface area contributed by atoms with Crippen molar-refractivity contribution >= 4 is 34.9 Å². The second-order valence-corrected chi connectivity index (χ2v) is 8.12. The molecule has 1 saturated heterocycles. The van der Waals surface area contributed by atoms with E-state index in [2.05, 4.69) is 22.4 Å². The second-order valence-electron chi connectivity index (χ2n) is 7.73. The minimum Gasteiger partial charge on any atom is -0.444 e. The number of amides is 1. The summed E-state index contributed by atoms with van der Waals surface area (Å²) in [7, 11) is 0. The summed E-state index contributed by atoms with van der Waals surface area (Å²) in [4.78, 5) is 18.2. The number of halogens is 1. The monoisotopic (exact) mass is 388 g/mol. The molecule has 0 saturated carbocycles. The van der Waals surface area contributed by atoms with E-state index in [0.717, 1.165) is 12.1 Å². The number of pyridine rings is 1. The number of nitrogens with one attached hydrogen (secondary N) is 1. The number of ether oxygens (including phenoxy) is 1. The molecule has 1 aromatic heterocycles. The van der Waals surface area contributed by atoms with E-state index in [1.807, 2.05) is 32.9 Å². The standard InChI is InChI=1S/C20H25ClN4O2/c1-20(2,3)27-19(26)25-11-10-14(12-25)13-4-6-15(7-5-13)23-18-16(22)8-9-17(21)24-18/h4-9,14H,10-12,22H2,1-3H3,(H,23,24). The van der Waals surface area contributed by atoms with Crippen LogP contribution in [0.15, 0.2) is 36.4 Å². The fraction of sp³-hybridized carbons (Fsp3) is 0.400. The Morgan fingerprint density at radius 1 is 1.26 bits per heavy atom. The molecule has 1 fully saturated rings. The number of nitrogen functional groups attached to an aromatic ring is 1. The molecule has 1 aliphatic rings. The lowest BCUT2D eigenvalue weighted by Gasteiger charge is -2.24. The van der Waals surface area contributed by atoms with E-state index in [1.54, 1.807) is 17.0 Å². The van der Waals surface area contributed by atoms with Gasteiger partial charge in [0.05, 0.1) is 5.69 Å². The Balaban J connectivity index is 1.62. The van der Waals surface area contributed by atoms with Crippen LogP contribution < -0.4 is 11.1 Å². The summed E-state index contributed by atoms with van der Waals surface area (Å²) in [5.74, 6) is 0.841. The van der Waals surface area contributed by atoms with Crippen molar-refractivity contribution in [3.63, 3.8) is 0 Å². The van der Waals surface area contributed by atoms with Crippen LogP contribution in [0.25, 0.3) is 0 Å². The van der Waals surface area contributed by atoms with E-state index in [4.69, 9.17) is 22.1 Å². The smallest absolute Gasteiger partial charge is 0.410 e. The third kappa shape index (κ3) is 5.04. The molecule has 3 rings (SSSR count). The van der Waals surface area contributed by atoms with Crippen LogP contribution in [0.1, 0.15) is 38.7 Å². The van der Waals surface area contributed by atoms with Crippen LogP contribution in [-0.2, 0) is 4.74 Å². The molecule has 0 bridgehead atoms. The summed E-state index contributed by atoms with van der Waals surface area (Å²) >= 11 is 5.92. The Morgan fingerprint density at radius 3 is 2.63 bits per heavy atom. The van der Waals surface area contributed by atoms with Crippen LogP contribution in [0.3, 0.4) is 0 Å². The summed E-state index contributed by atoms with van der Waals surface area (Å²) < 4.78 is 5.46. The SMILES string of the molecule is CC(C)(C)OC(=O)N1CCC(c2ccc(Nc3nc(Cl)ccc3N)cc2)C1. The zero-order chi connectivity index (χ0) is 19.6. The third-order valence-corrected chi connectivity index (χ3v) is 4.59. The Bertz CT molecular complexity index is 818. The van der Waals surface area contributed by atoms with Crippen LogP contribution in [0, 0.1) is 0 Å². The molecule has 2 heterocycles. The van der Waals surface area contributed by atoms with Crippen molar-refractivity contribution in [2.24, 2.45) is 0 Å². The number of hydrogen-bond donors (Lipinski definition) is 2. The van der Waals surface area contributed by atoms with Crippen LogP contribution in [-0.4, -0.2) is 34.7 Å². The maximum Gasteiger partial charge on any atom is 0.410 e. The third-order valence-electron chi connectivity index (χ3n) is 4.38. The number of rotatable bonds is 3. The van der Waals surface area contributed by atoms with Crippen molar-refractivity contribution in [3.05, 3.63) is 47.1 Å². The van der Waals surface area contributed by atoms with Crippen LogP contribution in [0.2, 0.25) is 5.15 Å². The highest BCUT2D eigenvalue weighted by molar-refractivity contribution is 6.29. The topological polar surface area (TPSA) is 80.5 Å². The van der Waals surface area contributed by atoms with Gasteiger partial charge in [0.25, 0.3) is 0 Å². The first-order valence-corrected chi connectivity index (χ1v) is 9.36. The molecular weight excluding hydrogens is 364 g/mol. The minimum atomic E-state index is -0.474. The summed E-state index contributed by atoms with van der Waals surface area (Å²) in [5.41, 5.74) is 8.05. The van der Waals surface area contributed by atoms with E-state index in [0.29, 0.717) is 35.7 Å². The van der Waals surface area contributed by atoms with E-state index in [1.165, 1.54) is 5.56 Å². The average molecular weight is 389 g/mol. The lowest BCUT2D eigenvalue weighted by molar-refractivity contribution is 0.0292. The lowest BCUT2D eigenvalue weighted by Crippen LogP contribution is -2.35. The number of carbonyl (C=O) groups is 1. The van der Waals surface area contributed by atoms with Gasteiger partial charge < -0.3 is 20.7 Å². The molecule has 0 aliphatic carbocycles. The first-order valence-electron chi connectivity index (χ1n) is 8.98. The Kier molecular flexibility index (Phi) is 5.46. The first-order chi connectivity index (χ1) is 12.7. The first kappa shape index (κ1) is 19.3. The van der Waals surface area contributed by atoms with E-state index in [-0.39, 0.29) is 6.09 Å². The van der Waals surface area contributed by atoms with Crippen LogP contribution in [0.5, 0.6) is 0 Å². The molecular formula is C20H25ClN4O2. The number of hydrogen-bond acceptors (Lipinski definition) is 5. The molecule has 7 heteroatoms. The summed E-state index contributed by atoms with van der Waals surface area (Å²) in [6, 6.07) is 11.5. The molecule has 2 aromatic rings. The number of likely N-dealkylation sites (tertiary alicyclic amines) is 1. The highest BCUT2D eigenvalue weighted by Crippen LogP contribution is 2.30. The highest BCUT2D eigenvalue weighted by atomic mass is 35.5. The van der Waals surface area contributed by atoms with Crippen molar-refractivity contribution in [1.82, 2.24) is 9.88 Å². The number of carbonyl (C=O) groups excluding carboxylic acids is 1. The maximum atomic E-state index is 12.2. The number of aromatic nitrogens is 1. The Labute approximate surface area is 164 Å². The van der Waals surface area contributed by atoms with Gasteiger partial charge in [-0.3, -0.25) is 0 Å². The predicted molar refractivity (Wildman–Crippen MR) is 109 cm³/mol. The van der Waals surface area contributed by atoms with Crippen LogP contribution >= 0.6 is 11.6 Å². The van der Waals surface area contributed by atoms with Gasteiger partial charge in [-0.15, -0.1) is 0 Å². The van der Waals surface area contributed by atoms with Gasteiger partial charge in [-0.1, -0.05) is 23.7 Å². The number of benzene rings is 1. The largest absolute Gasteiger partial charge is 0.444 e. The van der Waals surface area contributed by atoms with Gasteiger partial charge >= 0.3 is 6.09 Å². The normalized spacial score (nSPS) is 17.0. The molecule has 1 aromatic carbocycles. The molecule has 3 N–H and O–H groups in total. The van der Waals surface area contributed by atoms with Crippen molar-refractivity contribution < 1.29 is 9.53 Å². The quantitative estimate of drug-likeness (QED) is 0.739. The Hall–Kier alpha value is -2.47. The van der Waals surface area contributed by atoms with Gasteiger partial charge in [-0.05, 0) is 57.0 Å². The Morgan fingerprint density at radius 2 is 1.96 bits per heavy atom. The van der Waals surface area contributed by atoms with Gasteiger partial charge in [-0.25, -0.2) is 9.78 Å². The van der Waals surface area contributed by atoms with Gasteiger partial charge in [0, 0.05) is 24.7 Å². The summed E-state index contributed by atoms with van der Waals surface area (Å²) in [6.45, 7) is 7.02. The molecule has 1 unspecified atom stereocenters. The van der Waals surface area contributed by atoms with E-state index >= 15 is 0 Å².